The van der Waals surface area contributed by atoms with Crippen LogP contribution >= 0.6 is 27.5 Å². The Kier molecular flexibility index (Phi) is 4.43. The fourth-order valence-corrected chi connectivity index (χ4v) is 2.59. The van der Waals surface area contributed by atoms with Gasteiger partial charge in [-0.1, -0.05) is 27.5 Å². The molecule has 0 bridgehead atoms. The molecule has 1 unspecified atom stereocenters. The van der Waals surface area contributed by atoms with Gasteiger partial charge in [-0.2, -0.15) is 5.10 Å². The van der Waals surface area contributed by atoms with E-state index in [1.54, 1.807) is 0 Å². The minimum Gasteiger partial charge on any atom is -0.313 e. The summed E-state index contributed by atoms with van der Waals surface area (Å²) in [5.41, 5.74) is 2.28. The third kappa shape index (κ3) is 3.13. The maximum absolute atomic E-state index is 6.26. The Morgan fingerprint density at radius 3 is 2.89 bits per heavy atom. The van der Waals surface area contributed by atoms with Gasteiger partial charge >= 0.3 is 0 Å². The van der Waals surface area contributed by atoms with Crippen LogP contribution in [0.25, 0.3) is 0 Å². The van der Waals surface area contributed by atoms with Gasteiger partial charge in [-0.15, -0.1) is 0 Å². The summed E-state index contributed by atoms with van der Waals surface area (Å²) in [5.74, 6) is 0. The first kappa shape index (κ1) is 13.6. The van der Waals surface area contributed by atoms with Gasteiger partial charge in [-0.3, -0.25) is 4.68 Å². The molecule has 2 aromatic rings. The Labute approximate surface area is 120 Å². The molecule has 0 saturated heterocycles. The molecule has 0 aliphatic heterocycles. The lowest BCUT2D eigenvalue weighted by molar-refractivity contribution is 0.591. The van der Waals surface area contributed by atoms with E-state index in [0.717, 1.165) is 21.5 Å². The molecule has 2 rings (SSSR count). The summed E-state index contributed by atoms with van der Waals surface area (Å²) < 4.78 is 2.85. The van der Waals surface area contributed by atoms with Crippen molar-refractivity contribution in [1.29, 1.82) is 0 Å². The zero-order valence-corrected chi connectivity index (χ0v) is 12.7. The number of aryl methyl sites for hydroxylation is 1. The van der Waals surface area contributed by atoms with Crippen LogP contribution in [0.4, 0.5) is 0 Å². The van der Waals surface area contributed by atoms with Crippen molar-refractivity contribution in [3.05, 3.63) is 51.2 Å². The maximum Gasteiger partial charge on any atom is 0.0522 e. The molecule has 1 atom stereocenters. The Bertz CT molecular complexity index is 539. The lowest BCUT2D eigenvalue weighted by Gasteiger charge is -2.17. The van der Waals surface area contributed by atoms with Gasteiger partial charge in [0.15, 0.2) is 0 Å². The van der Waals surface area contributed by atoms with E-state index in [-0.39, 0.29) is 6.04 Å². The van der Waals surface area contributed by atoms with Crippen LogP contribution in [-0.2, 0) is 13.5 Å². The van der Waals surface area contributed by atoms with Gasteiger partial charge < -0.3 is 5.32 Å². The van der Waals surface area contributed by atoms with E-state index in [9.17, 15) is 0 Å². The average Bonchev–Trinajstić information content (AvgIpc) is 2.75. The van der Waals surface area contributed by atoms with Crippen molar-refractivity contribution in [1.82, 2.24) is 15.1 Å². The number of aromatic nitrogens is 2. The van der Waals surface area contributed by atoms with Crippen LogP contribution in [0.15, 0.2) is 35.1 Å². The summed E-state index contributed by atoms with van der Waals surface area (Å²) >= 11 is 9.74. The molecular formula is C13H15BrClN3. The second-order valence-electron chi connectivity index (χ2n) is 4.23. The topological polar surface area (TPSA) is 29.9 Å². The molecule has 18 heavy (non-hydrogen) atoms. The number of hydrogen-bond donors (Lipinski definition) is 1. The molecule has 0 fully saturated rings. The van der Waals surface area contributed by atoms with E-state index in [1.807, 2.05) is 43.3 Å². The molecule has 0 radical (unpaired) electrons. The SMILES string of the molecule is CNC(Cc1cnn(C)c1)c1cc(Br)ccc1Cl. The lowest BCUT2D eigenvalue weighted by Crippen LogP contribution is -2.19. The van der Waals surface area contributed by atoms with Gasteiger partial charge in [-0.25, -0.2) is 0 Å². The van der Waals surface area contributed by atoms with Crippen LogP contribution in [0.1, 0.15) is 17.2 Å². The molecule has 1 heterocycles. The zero-order valence-electron chi connectivity index (χ0n) is 10.3. The van der Waals surface area contributed by atoms with Crippen LogP contribution in [0.2, 0.25) is 5.02 Å². The largest absolute Gasteiger partial charge is 0.313 e. The van der Waals surface area contributed by atoms with Crippen LogP contribution in [0.5, 0.6) is 0 Å². The summed E-state index contributed by atoms with van der Waals surface area (Å²) in [7, 11) is 3.86. The minimum absolute atomic E-state index is 0.180. The van der Waals surface area contributed by atoms with Gasteiger partial charge in [0.1, 0.15) is 0 Å². The molecular weight excluding hydrogens is 314 g/mol. The number of hydrogen-bond acceptors (Lipinski definition) is 2. The lowest BCUT2D eigenvalue weighted by atomic mass is 10.0. The monoisotopic (exact) mass is 327 g/mol. The number of nitrogens with zero attached hydrogens (tertiary/aromatic N) is 2. The van der Waals surface area contributed by atoms with Crippen molar-refractivity contribution < 1.29 is 0 Å². The standard InChI is InChI=1S/C13H15BrClN3/c1-16-13(5-9-7-17-18(2)8-9)11-6-10(14)3-4-12(11)15/h3-4,6-8,13,16H,5H2,1-2H3. The van der Waals surface area contributed by atoms with E-state index >= 15 is 0 Å². The Balaban J connectivity index is 2.25. The fraction of sp³-hybridized carbons (Fsp3) is 0.308. The normalized spacial score (nSPS) is 12.7. The average molecular weight is 329 g/mol. The third-order valence-electron chi connectivity index (χ3n) is 2.88. The van der Waals surface area contributed by atoms with Gasteiger partial charge in [0.05, 0.1) is 6.20 Å². The first-order valence-electron chi connectivity index (χ1n) is 5.70. The van der Waals surface area contributed by atoms with Crippen molar-refractivity contribution >= 4 is 27.5 Å². The zero-order chi connectivity index (χ0) is 13.1. The molecule has 1 aromatic heterocycles. The van der Waals surface area contributed by atoms with E-state index in [4.69, 9.17) is 11.6 Å². The van der Waals surface area contributed by atoms with Crippen LogP contribution < -0.4 is 5.32 Å². The quantitative estimate of drug-likeness (QED) is 0.933. The first-order valence-corrected chi connectivity index (χ1v) is 6.87. The van der Waals surface area contributed by atoms with E-state index < -0.39 is 0 Å². The predicted molar refractivity (Wildman–Crippen MR) is 77.9 cm³/mol. The van der Waals surface area contributed by atoms with Gasteiger partial charge in [-0.05, 0) is 42.8 Å². The second-order valence-corrected chi connectivity index (χ2v) is 5.56. The maximum atomic E-state index is 6.26. The highest BCUT2D eigenvalue weighted by molar-refractivity contribution is 9.10. The number of likely N-dealkylation sites (N-methyl/N-ethyl adjacent to an activating group) is 1. The summed E-state index contributed by atoms with van der Waals surface area (Å²) in [4.78, 5) is 0. The van der Waals surface area contributed by atoms with Crippen molar-refractivity contribution in [3.8, 4) is 0 Å². The smallest absolute Gasteiger partial charge is 0.0522 e. The van der Waals surface area contributed by atoms with Crippen LogP contribution in [0.3, 0.4) is 0 Å². The molecule has 1 aromatic carbocycles. The summed E-state index contributed by atoms with van der Waals surface area (Å²) in [6, 6.07) is 6.09. The van der Waals surface area contributed by atoms with Gasteiger partial charge in [0, 0.05) is 28.8 Å². The Morgan fingerprint density at radius 1 is 1.50 bits per heavy atom. The highest BCUT2D eigenvalue weighted by Crippen LogP contribution is 2.28. The number of rotatable bonds is 4. The summed E-state index contributed by atoms with van der Waals surface area (Å²) in [6.07, 6.45) is 4.77. The number of benzene rings is 1. The first-order chi connectivity index (χ1) is 8.60. The van der Waals surface area contributed by atoms with Crippen molar-refractivity contribution in [3.63, 3.8) is 0 Å². The van der Waals surface area contributed by atoms with Crippen LogP contribution in [-0.4, -0.2) is 16.8 Å². The highest BCUT2D eigenvalue weighted by Gasteiger charge is 2.14. The fourth-order valence-electron chi connectivity index (χ4n) is 1.96. The minimum atomic E-state index is 0.180. The van der Waals surface area contributed by atoms with Crippen molar-refractivity contribution in [2.24, 2.45) is 7.05 Å². The Morgan fingerprint density at radius 2 is 2.28 bits per heavy atom. The molecule has 0 spiro atoms. The van der Waals surface area contributed by atoms with Gasteiger partial charge in [0.2, 0.25) is 0 Å². The molecule has 1 N–H and O–H groups in total. The molecule has 0 amide bonds. The molecule has 0 saturated carbocycles. The molecule has 5 heteroatoms. The van der Waals surface area contributed by atoms with E-state index in [0.29, 0.717) is 0 Å². The van der Waals surface area contributed by atoms with E-state index in [1.165, 1.54) is 5.56 Å². The van der Waals surface area contributed by atoms with Gasteiger partial charge in [0.25, 0.3) is 0 Å². The predicted octanol–water partition coefficient (Wildman–Crippen LogP) is 3.34. The molecule has 3 nitrogen and oxygen atoms in total. The van der Waals surface area contributed by atoms with E-state index in [2.05, 4.69) is 32.4 Å². The molecule has 96 valence electrons. The summed E-state index contributed by atoms with van der Waals surface area (Å²) in [6.45, 7) is 0. The van der Waals surface area contributed by atoms with Crippen LogP contribution in [0, 0.1) is 0 Å². The van der Waals surface area contributed by atoms with Crippen molar-refractivity contribution in [2.45, 2.75) is 12.5 Å². The number of nitrogens with one attached hydrogen (secondary N) is 1. The number of halogens is 2. The molecule has 0 aliphatic rings. The molecule has 0 aliphatic carbocycles. The van der Waals surface area contributed by atoms with Crippen molar-refractivity contribution in [2.75, 3.05) is 7.05 Å². The Hall–Kier alpha value is -0.840. The highest BCUT2D eigenvalue weighted by atomic mass is 79.9. The third-order valence-corrected chi connectivity index (χ3v) is 3.72. The summed E-state index contributed by atoms with van der Waals surface area (Å²) in [5, 5.41) is 8.27. The second kappa shape index (κ2) is 5.87.